The van der Waals surface area contributed by atoms with E-state index in [1.807, 2.05) is 5.32 Å². The molecular formula is C11H11F3N2O5. The van der Waals surface area contributed by atoms with Crippen LogP contribution in [0.2, 0.25) is 0 Å². The number of amides is 1. The number of aliphatic carboxylic acids is 1. The third-order valence-electron chi connectivity index (χ3n) is 2.49. The normalized spacial score (nSPS) is 14.3. The van der Waals surface area contributed by atoms with Crippen LogP contribution in [0, 0.1) is 0 Å². The van der Waals surface area contributed by atoms with Crippen LogP contribution >= 0.6 is 0 Å². The number of carboxylic acid groups (broad SMARTS) is 1. The van der Waals surface area contributed by atoms with Crippen molar-refractivity contribution < 1.29 is 33.0 Å². The fraction of sp³-hybridized carbons (Fsp3) is 0.364. The fourth-order valence-electron chi connectivity index (χ4n) is 1.43. The average Bonchev–Trinajstić information content (AvgIpc) is 2.33. The van der Waals surface area contributed by atoms with Crippen molar-refractivity contribution in [3.8, 4) is 0 Å². The Labute approximate surface area is 115 Å². The molecule has 1 heterocycles. The molecule has 0 aromatic carbocycles. The fourth-order valence-corrected chi connectivity index (χ4v) is 1.43. The second-order valence-corrected chi connectivity index (χ2v) is 4.14. The smallest absolute Gasteiger partial charge is 0.431 e. The number of aromatic amines is 1. The van der Waals surface area contributed by atoms with E-state index in [9.17, 15) is 27.6 Å². The number of hydrogen-bond donors (Lipinski definition) is 4. The zero-order chi connectivity index (χ0) is 16.4. The molecule has 4 N–H and O–H groups in total. The minimum atomic E-state index is -4.78. The van der Waals surface area contributed by atoms with Gasteiger partial charge in [-0.1, -0.05) is 0 Å². The maximum Gasteiger partial charge on any atom is 0.431 e. The molecule has 1 amide bonds. The van der Waals surface area contributed by atoms with Crippen molar-refractivity contribution in [3.63, 3.8) is 0 Å². The first-order valence-electron chi connectivity index (χ1n) is 5.56. The molecule has 0 fully saturated rings. The van der Waals surface area contributed by atoms with Crippen LogP contribution < -0.4 is 10.9 Å². The summed E-state index contributed by atoms with van der Waals surface area (Å²) in [6.07, 6.45) is -6.24. The van der Waals surface area contributed by atoms with Crippen molar-refractivity contribution in [3.05, 3.63) is 33.7 Å². The van der Waals surface area contributed by atoms with Crippen LogP contribution in [-0.4, -0.2) is 39.2 Å². The van der Waals surface area contributed by atoms with Gasteiger partial charge >= 0.3 is 12.1 Å². The Balaban J connectivity index is 3.04. The largest absolute Gasteiger partial charge is 0.480 e. The van der Waals surface area contributed by atoms with E-state index in [1.54, 1.807) is 0 Å². The Hall–Kier alpha value is -2.36. The van der Waals surface area contributed by atoms with Gasteiger partial charge < -0.3 is 20.5 Å². The number of aliphatic hydroxyl groups excluding tert-OH is 1. The zero-order valence-electron chi connectivity index (χ0n) is 10.6. The predicted octanol–water partition coefficient (Wildman–Crippen LogP) is -0.0425. The first kappa shape index (κ1) is 16.7. The summed E-state index contributed by atoms with van der Waals surface area (Å²) in [6, 6.07) is -0.592. The summed E-state index contributed by atoms with van der Waals surface area (Å²) in [5.41, 5.74) is -3.36. The SMILES string of the molecule is C[C@@H](O)[C@H](NC(=O)c1ccc(C(F)(F)F)[nH]c1=O)C(=O)O. The molecule has 1 aromatic heterocycles. The van der Waals surface area contributed by atoms with Crippen LogP contribution in [0.15, 0.2) is 16.9 Å². The van der Waals surface area contributed by atoms with Crippen LogP contribution in [0.4, 0.5) is 13.2 Å². The Morgan fingerprint density at radius 2 is 1.90 bits per heavy atom. The number of nitrogens with one attached hydrogen (secondary N) is 2. The Bertz CT molecular complexity index is 609. The van der Waals surface area contributed by atoms with E-state index >= 15 is 0 Å². The Kier molecular flexibility index (Phi) is 4.73. The number of rotatable bonds is 4. The minimum absolute atomic E-state index is 0.481. The molecule has 1 aromatic rings. The average molecular weight is 308 g/mol. The van der Waals surface area contributed by atoms with E-state index in [2.05, 4.69) is 0 Å². The Morgan fingerprint density at radius 3 is 2.29 bits per heavy atom. The van der Waals surface area contributed by atoms with Crippen LogP contribution in [0.5, 0.6) is 0 Å². The molecule has 0 unspecified atom stereocenters. The summed E-state index contributed by atoms with van der Waals surface area (Å²) >= 11 is 0. The number of alkyl halides is 3. The highest BCUT2D eigenvalue weighted by Gasteiger charge is 2.33. The van der Waals surface area contributed by atoms with Crippen molar-refractivity contribution >= 4 is 11.9 Å². The van der Waals surface area contributed by atoms with Gasteiger partial charge in [-0.25, -0.2) is 4.79 Å². The van der Waals surface area contributed by atoms with E-state index in [-0.39, 0.29) is 0 Å². The summed E-state index contributed by atoms with van der Waals surface area (Å²) in [5, 5.41) is 19.8. The van der Waals surface area contributed by atoms with Gasteiger partial charge in [-0.15, -0.1) is 0 Å². The summed E-state index contributed by atoms with van der Waals surface area (Å²) in [6.45, 7) is 1.09. The van der Waals surface area contributed by atoms with Crippen LogP contribution in [0.25, 0.3) is 0 Å². The predicted molar refractivity (Wildman–Crippen MR) is 62.6 cm³/mol. The van der Waals surface area contributed by atoms with Crippen molar-refractivity contribution in [2.75, 3.05) is 0 Å². The molecule has 0 spiro atoms. The molecular weight excluding hydrogens is 297 g/mol. The molecule has 7 nitrogen and oxygen atoms in total. The molecule has 0 saturated heterocycles. The lowest BCUT2D eigenvalue weighted by Crippen LogP contribution is -2.48. The van der Waals surface area contributed by atoms with E-state index < -0.39 is 47.0 Å². The van der Waals surface area contributed by atoms with E-state index in [1.165, 1.54) is 4.98 Å². The second kappa shape index (κ2) is 5.95. The molecule has 0 bridgehead atoms. The lowest BCUT2D eigenvalue weighted by Gasteiger charge is -2.16. The lowest BCUT2D eigenvalue weighted by atomic mass is 10.1. The molecule has 1 rings (SSSR count). The number of halogens is 3. The third kappa shape index (κ3) is 4.05. The molecule has 21 heavy (non-hydrogen) atoms. The van der Waals surface area contributed by atoms with Crippen LogP contribution in [0.3, 0.4) is 0 Å². The number of H-pyrrole nitrogens is 1. The van der Waals surface area contributed by atoms with Gasteiger partial charge in [-0.3, -0.25) is 9.59 Å². The second-order valence-electron chi connectivity index (χ2n) is 4.14. The van der Waals surface area contributed by atoms with Crippen LogP contribution in [-0.2, 0) is 11.0 Å². The molecule has 10 heteroatoms. The number of carbonyl (C=O) groups is 2. The minimum Gasteiger partial charge on any atom is -0.480 e. The van der Waals surface area contributed by atoms with E-state index in [4.69, 9.17) is 10.2 Å². The van der Waals surface area contributed by atoms with Gasteiger partial charge in [0.15, 0.2) is 6.04 Å². The summed E-state index contributed by atoms with van der Waals surface area (Å²) in [4.78, 5) is 35.3. The van der Waals surface area contributed by atoms with E-state index in [0.29, 0.717) is 12.1 Å². The first-order valence-corrected chi connectivity index (χ1v) is 5.56. The highest BCUT2D eigenvalue weighted by Crippen LogP contribution is 2.26. The quantitative estimate of drug-likeness (QED) is 0.622. The molecule has 0 aliphatic rings. The topological polar surface area (TPSA) is 119 Å². The summed E-state index contributed by atoms with van der Waals surface area (Å²) in [7, 11) is 0. The first-order chi connectivity index (χ1) is 9.54. The number of hydrogen-bond acceptors (Lipinski definition) is 4. The lowest BCUT2D eigenvalue weighted by molar-refractivity contribution is -0.142. The number of aliphatic hydroxyl groups is 1. The molecule has 0 radical (unpaired) electrons. The van der Waals surface area contributed by atoms with Crippen molar-refractivity contribution in [2.24, 2.45) is 0 Å². The summed E-state index contributed by atoms with van der Waals surface area (Å²) < 4.78 is 37.0. The van der Waals surface area contributed by atoms with Crippen molar-refractivity contribution in [2.45, 2.75) is 25.2 Å². The van der Waals surface area contributed by atoms with Gasteiger partial charge in [0.25, 0.3) is 11.5 Å². The number of aromatic nitrogens is 1. The third-order valence-corrected chi connectivity index (χ3v) is 2.49. The van der Waals surface area contributed by atoms with Gasteiger partial charge in [-0.05, 0) is 19.1 Å². The highest BCUT2D eigenvalue weighted by molar-refractivity contribution is 5.96. The van der Waals surface area contributed by atoms with Gasteiger partial charge in [0.1, 0.15) is 11.3 Å². The van der Waals surface area contributed by atoms with Crippen molar-refractivity contribution in [1.82, 2.24) is 10.3 Å². The standard InChI is InChI=1S/C11H11F3N2O5/c1-4(17)7(10(20)21)16-9(19)5-2-3-6(11(12,13)14)15-8(5)18/h2-4,7,17H,1H3,(H,15,18)(H,16,19)(H,20,21)/t4-,7+/m1/s1. The van der Waals surface area contributed by atoms with E-state index in [0.717, 1.165) is 6.92 Å². The van der Waals surface area contributed by atoms with Gasteiger partial charge in [0, 0.05) is 0 Å². The molecule has 0 saturated carbocycles. The number of pyridine rings is 1. The van der Waals surface area contributed by atoms with Gasteiger partial charge in [-0.2, -0.15) is 13.2 Å². The molecule has 116 valence electrons. The highest BCUT2D eigenvalue weighted by atomic mass is 19.4. The Morgan fingerprint density at radius 1 is 1.33 bits per heavy atom. The number of carboxylic acids is 1. The molecule has 2 atom stereocenters. The van der Waals surface area contributed by atoms with Crippen molar-refractivity contribution in [1.29, 1.82) is 0 Å². The van der Waals surface area contributed by atoms with Gasteiger partial charge in [0.05, 0.1) is 6.10 Å². The number of carbonyl (C=O) groups excluding carboxylic acids is 1. The maximum atomic E-state index is 12.3. The van der Waals surface area contributed by atoms with Crippen LogP contribution in [0.1, 0.15) is 23.0 Å². The van der Waals surface area contributed by atoms with Gasteiger partial charge in [0.2, 0.25) is 0 Å². The summed E-state index contributed by atoms with van der Waals surface area (Å²) in [5.74, 6) is -2.76. The maximum absolute atomic E-state index is 12.3. The zero-order valence-corrected chi connectivity index (χ0v) is 10.6. The molecule has 0 aliphatic carbocycles. The monoisotopic (exact) mass is 308 g/mol. The molecule has 0 aliphatic heterocycles.